The Morgan fingerprint density at radius 2 is 0.750 bits per heavy atom. The highest BCUT2D eigenvalue weighted by Crippen LogP contribution is 2.31. The number of aliphatic hydroxyl groups is 9. The van der Waals surface area contributed by atoms with Gasteiger partial charge in [-0.05, 0) is 50.9 Å². The number of ketones is 3. The highest BCUT2D eigenvalue weighted by molar-refractivity contribution is 5.80. The summed E-state index contributed by atoms with van der Waals surface area (Å²) in [4.78, 5) is 38.8. The molecule has 0 bridgehead atoms. The molecule has 3 rings (SSSR count). The summed E-state index contributed by atoms with van der Waals surface area (Å²) < 4.78 is 52.0. The van der Waals surface area contributed by atoms with Gasteiger partial charge in [-0.2, -0.15) is 0 Å². The van der Waals surface area contributed by atoms with Gasteiger partial charge in [-0.25, -0.2) is 0 Å². The lowest BCUT2D eigenvalue weighted by molar-refractivity contribution is -0.282. The molecular weight excluding hydrogens is 900 g/mol. The molecule has 3 aliphatic heterocycles. The van der Waals surface area contributed by atoms with Crippen molar-refractivity contribution < 1.29 is 103 Å². The maximum atomic E-state index is 12.9. The van der Waals surface area contributed by atoms with Crippen LogP contribution in [-0.4, -0.2) is 216 Å². The van der Waals surface area contributed by atoms with E-state index in [1.165, 1.54) is 0 Å². The predicted molar refractivity (Wildman–Crippen MR) is 240 cm³/mol. The number of unbranched alkanes of at least 4 members (excludes halogenated alkanes) is 3. The van der Waals surface area contributed by atoms with Gasteiger partial charge in [0.05, 0.1) is 58.0 Å². The molecule has 6 unspecified atom stereocenters. The Balaban J connectivity index is 1.48. The van der Waals surface area contributed by atoms with Crippen molar-refractivity contribution in [2.24, 2.45) is 29.1 Å². The molecule has 398 valence electrons. The van der Waals surface area contributed by atoms with Crippen LogP contribution in [0.1, 0.15) is 98.8 Å². The minimum absolute atomic E-state index is 0.0449. The van der Waals surface area contributed by atoms with Gasteiger partial charge < -0.3 is 88.6 Å². The number of hydrogen-bond donors (Lipinski definition) is 9. The van der Waals surface area contributed by atoms with Crippen molar-refractivity contribution in [3.8, 4) is 0 Å². The summed E-state index contributed by atoms with van der Waals surface area (Å²) in [5.41, 5.74) is -0.825. The third-order valence-corrected chi connectivity index (χ3v) is 12.8. The minimum atomic E-state index is -1.23. The van der Waals surface area contributed by atoms with E-state index in [1.807, 2.05) is 13.8 Å². The van der Waals surface area contributed by atoms with Crippen molar-refractivity contribution in [2.75, 3.05) is 79.3 Å². The zero-order valence-corrected chi connectivity index (χ0v) is 40.7. The van der Waals surface area contributed by atoms with E-state index >= 15 is 0 Å². The molecule has 3 fully saturated rings. The molecule has 9 N–H and O–H groups in total. The number of rotatable bonds is 35. The van der Waals surface area contributed by atoms with E-state index in [0.717, 1.165) is 0 Å². The van der Waals surface area contributed by atoms with E-state index in [9.17, 15) is 60.3 Å². The maximum Gasteiger partial charge on any atom is 0.163 e. The van der Waals surface area contributed by atoms with Gasteiger partial charge >= 0.3 is 0 Å². The Hall–Kier alpha value is -1.71. The standard InChI is InChI=1S/C47H84O21/c1-28(2)18-47(25-60-22-32(51)12-6-9-15-63-44-29(3)38(54)41(57)35(19-48)66-44,26-61-23-33(52)13-7-10-16-64-45-30(4)39(55)42(58)36(20-49)67-45)27-62-24-34(53)14-8-11-17-65-46-31(5)40(56)43(59)37(21-50)68-46/h28-31,35-46,48-50,54-59H,6-27H2,1-5H3/t29?,30?,31?,35?,36?,37?,38-,39-,40-,41+,42+,43+,44-,45-,46-,47?/m1/s1. The molecule has 3 heterocycles. The first-order valence-corrected chi connectivity index (χ1v) is 24.4. The van der Waals surface area contributed by atoms with Gasteiger partial charge in [0.1, 0.15) is 56.4 Å². The number of ether oxygens (including phenoxy) is 9. The number of carbonyl (C=O) groups excluding carboxylic acids is 3. The molecule has 0 radical (unpaired) electrons. The highest BCUT2D eigenvalue weighted by atomic mass is 16.7. The van der Waals surface area contributed by atoms with Crippen LogP contribution < -0.4 is 0 Å². The Kier molecular flexibility index (Phi) is 28.2. The van der Waals surface area contributed by atoms with Crippen LogP contribution in [0.25, 0.3) is 0 Å². The lowest BCUT2D eigenvalue weighted by Gasteiger charge is -2.40. The van der Waals surface area contributed by atoms with Crippen LogP contribution in [0.3, 0.4) is 0 Å². The van der Waals surface area contributed by atoms with Gasteiger partial charge in [0.25, 0.3) is 0 Å². The molecule has 0 aromatic rings. The van der Waals surface area contributed by atoms with Crippen molar-refractivity contribution >= 4 is 17.3 Å². The van der Waals surface area contributed by atoms with Gasteiger partial charge in [0.2, 0.25) is 0 Å². The van der Waals surface area contributed by atoms with Crippen LogP contribution in [0, 0.1) is 29.1 Å². The summed E-state index contributed by atoms with van der Waals surface area (Å²) in [6, 6.07) is 0. The van der Waals surface area contributed by atoms with Gasteiger partial charge in [-0.15, -0.1) is 0 Å². The largest absolute Gasteiger partial charge is 0.394 e. The Morgan fingerprint density at radius 3 is 1.00 bits per heavy atom. The van der Waals surface area contributed by atoms with Crippen LogP contribution in [-0.2, 0) is 57.0 Å². The minimum Gasteiger partial charge on any atom is -0.394 e. The zero-order valence-electron chi connectivity index (χ0n) is 40.7. The van der Waals surface area contributed by atoms with Crippen molar-refractivity contribution in [3.63, 3.8) is 0 Å². The Morgan fingerprint density at radius 1 is 0.471 bits per heavy atom. The van der Waals surface area contributed by atoms with Crippen LogP contribution in [0.4, 0.5) is 0 Å². The van der Waals surface area contributed by atoms with E-state index in [0.29, 0.717) is 44.9 Å². The van der Waals surface area contributed by atoms with Crippen LogP contribution >= 0.6 is 0 Å². The first-order valence-electron chi connectivity index (χ1n) is 24.4. The van der Waals surface area contributed by atoms with Crippen molar-refractivity contribution in [2.45, 2.75) is 173 Å². The summed E-state index contributed by atoms with van der Waals surface area (Å²) in [5, 5.41) is 89.5. The number of hydrogen-bond acceptors (Lipinski definition) is 21. The molecule has 0 spiro atoms. The van der Waals surface area contributed by atoms with Crippen LogP contribution in [0.15, 0.2) is 0 Å². The molecule has 3 aliphatic rings. The Labute approximate surface area is 400 Å². The summed E-state index contributed by atoms with van der Waals surface area (Å²) in [6.07, 6.45) is -8.30. The molecule has 0 amide bonds. The van der Waals surface area contributed by atoms with E-state index in [1.54, 1.807) is 20.8 Å². The fourth-order valence-corrected chi connectivity index (χ4v) is 8.63. The third kappa shape index (κ3) is 19.7. The number of carbonyl (C=O) groups is 3. The fraction of sp³-hybridized carbons (Fsp3) is 0.936. The van der Waals surface area contributed by atoms with Gasteiger partial charge in [-0.1, -0.05) is 34.6 Å². The number of aliphatic hydroxyl groups excluding tert-OH is 9. The second-order valence-corrected chi connectivity index (χ2v) is 19.4. The average molecular weight is 985 g/mol. The molecule has 0 aromatic heterocycles. The van der Waals surface area contributed by atoms with Gasteiger partial charge in [0, 0.05) is 62.3 Å². The molecule has 3 saturated heterocycles. The van der Waals surface area contributed by atoms with Gasteiger partial charge in [-0.3, -0.25) is 14.4 Å². The summed E-state index contributed by atoms with van der Waals surface area (Å²) in [6.45, 7) is 7.86. The second kappa shape index (κ2) is 31.7. The monoisotopic (exact) mass is 985 g/mol. The summed E-state index contributed by atoms with van der Waals surface area (Å²) >= 11 is 0. The average Bonchev–Trinajstić information content (AvgIpc) is 3.30. The highest BCUT2D eigenvalue weighted by Gasteiger charge is 2.44. The molecule has 15 atom stereocenters. The van der Waals surface area contributed by atoms with E-state index in [-0.39, 0.29) is 102 Å². The zero-order chi connectivity index (χ0) is 50.4. The molecule has 68 heavy (non-hydrogen) atoms. The molecule has 21 nitrogen and oxygen atoms in total. The molecule has 0 aliphatic carbocycles. The Bertz CT molecular complexity index is 1260. The third-order valence-electron chi connectivity index (χ3n) is 12.8. The van der Waals surface area contributed by atoms with Gasteiger partial charge in [0.15, 0.2) is 36.2 Å². The normalized spacial score (nSPS) is 33.1. The molecule has 21 heteroatoms. The lowest BCUT2D eigenvalue weighted by atomic mass is 9.82. The first kappa shape index (κ1) is 60.6. The molecule has 0 aromatic carbocycles. The SMILES string of the molecule is CC(C)CC(COCC(=O)CCCCO[C@@H]1OC(CO)[C@H](O)[C@H](O)C1C)(COCC(=O)CCCCO[C@@H]1OC(CO)[C@H](O)[C@H](O)C1C)COCC(=O)CCCCO[C@@H]1OC(CO)[C@H](O)[C@H](O)C1C. The quantitative estimate of drug-likeness (QED) is 0.0364. The predicted octanol–water partition coefficient (Wildman–Crippen LogP) is -0.438. The van der Waals surface area contributed by atoms with E-state index < -0.39 is 117 Å². The first-order chi connectivity index (χ1) is 32.4. The molecular formula is C47H84O21. The maximum absolute atomic E-state index is 12.9. The smallest absolute Gasteiger partial charge is 0.163 e. The fourth-order valence-electron chi connectivity index (χ4n) is 8.63. The topological polar surface area (TPSA) is 316 Å². The molecule has 0 saturated carbocycles. The summed E-state index contributed by atoms with van der Waals surface area (Å²) in [5.74, 6) is -1.92. The summed E-state index contributed by atoms with van der Waals surface area (Å²) in [7, 11) is 0. The van der Waals surface area contributed by atoms with Crippen molar-refractivity contribution in [1.82, 2.24) is 0 Å². The van der Waals surface area contributed by atoms with Crippen LogP contribution in [0.2, 0.25) is 0 Å². The number of Topliss-reactive ketones (excluding diaryl/α,β-unsaturated/α-hetero) is 3. The van der Waals surface area contributed by atoms with Crippen molar-refractivity contribution in [3.05, 3.63) is 0 Å². The van der Waals surface area contributed by atoms with E-state index in [4.69, 9.17) is 42.6 Å². The van der Waals surface area contributed by atoms with Crippen molar-refractivity contribution in [1.29, 1.82) is 0 Å². The van der Waals surface area contributed by atoms with E-state index in [2.05, 4.69) is 0 Å². The second-order valence-electron chi connectivity index (χ2n) is 19.4. The lowest BCUT2D eigenvalue weighted by Crippen LogP contribution is -2.55. The van der Waals surface area contributed by atoms with Crippen LogP contribution in [0.5, 0.6) is 0 Å².